The number of hydrogen-bond acceptors (Lipinski definition) is 7. The zero-order valence-electron chi connectivity index (χ0n) is 18.9. The van der Waals surface area contributed by atoms with Crippen LogP contribution in [0.3, 0.4) is 0 Å². The van der Waals surface area contributed by atoms with Gasteiger partial charge in [0.15, 0.2) is 5.16 Å². The highest BCUT2D eigenvalue weighted by Crippen LogP contribution is 2.37. The van der Waals surface area contributed by atoms with E-state index in [0.29, 0.717) is 41.6 Å². The molecule has 0 N–H and O–H groups in total. The van der Waals surface area contributed by atoms with Crippen molar-refractivity contribution in [3.8, 4) is 0 Å². The van der Waals surface area contributed by atoms with Crippen LogP contribution in [0, 0.1) is 0 Å². The fourth-order valence-electron chi connectivity index (χ4n) is 3.61. The quantitative estimate of drug-likeness (QED) is 0.160. The van der Waals surface area contributed by atoms with Gasteiger partial charge in [0, 0.05) is 17.8 Å². The molecule has 2 aromatic rings. The highest BCUT2D eigenvalue weighted by molar-refractivity contribution is 7.99. The minimum Gasteiger partial charge on any atom is -0.465 e. The van der Waals surface area contributed by atoms with Crippen molar-refractivity contribution in [2.24, 2.45) is 0 Å². The molecule has 0 bridgehead atoms. The minimum atomic E-state index is -0.305. The number of thioether (sulfide) groups is 1. The Bertz CT molecular complexity index is 1020. The molecule has 0 amide bonds. The molecule has 0 spiro atoms. The molecule has 0 aliphatic carbocycles. The molecule has 0 aromatic carbocycles. The lowest BCUT2D eigenvalue weighted by molar-refractivity contribution is -0.140. The molecule has 0 saturated carbocycles. The number of carbonyl (C=O) groups excluding carboxylic acids is 1. The van der Waals surface area contributed by atoms with E-state index in [0.717, 1.165) is 41.7 Å². The van der Waals surface area contributed by atoms with E-state index in [-0.39, 0.29) is 22.9 Å². The van der Waals surface area contributed by atoms with E-state index in [1.54, 1.807) is 4.57 Å². The first-order chi connectivity index (χ1) is 14.7. The van der Waals surface area contributed by atoms with Gasteiger partial charge in [0.05, 0.1) is 30.0 Å². The van der Waals surface area contributed by atoms with Crippen LogP contribution in [0.5, 0.6) is 0 Å². The first kappa shape index (κ1) is 24.0. The largest absolute Gasteiger partial charge is 0.465 e. The zero-order valence-corrected chi connectivity index (χ0v) is 20.5. The van der Waals surface area contributed by atoms with E-state index in [2.05, 4.69) is 13.5 Å². The number of rotatable bonds is 10. The number of hydrogen-bond donors (Lipinski definition) is 0. The molecule has 0 unspecified atom stereocenters. The fraction of sp³-hybridized carbons (Fsp3) is 0.609. The van der Waals surface area contributed by atoms with Crippen LogP contribution < -0.4 is 5.56 Å². The van der Waals surface area contributed by atoms with Gasteiger partial charge >= 0.3 is 5.97 Å². The SMILES string of the molecule is C=C(C)Cn1c(SCC(=O)OCCCCCC)nc2sc3c(c2c1=O)CC(C)(C)OC3. The van der Waals surface area contributed by atoms with Gasteiger partial charge in [-0.05, 0) is 32.8 Å². The van der Waals surface area contributed by atoms with Crippen LogP contribution in [-0.4, -0.2) is 33.5 Å². The first-order valence-corrected chi connectivity index (χ1v) is 12.6. The number of unbranched alkanes of at least 4 members (excludes halogenated alkanes) is 3. The Kier molecular flexibility index (Phi) is 7.99. The number of ether oxygens (including phenoxy) is 2. The average molecular weight is 465 g/mol. The molecular weight excluding hydrogens is 432 g/mol. The third kappa shape index (κ3) is 5.99. The molecule has 3 heterocycles. The Balaban J connectivity index is 1.83. The van der Waals surface area contributed by atoms with Crippen LogP contribution >= 0.6 is 23.1 Å². The van der Waals surface area contributed by atoms with Crippen molar-refractivity contribution < 1.29 is 14.3 Å². The van der Waals surface area contributed by atoms with Crippen LogP contribution in [0.1, 0.15) is 63.8 Å². The molecule has 6 nitrogen and oxygen atoms in total. The molecular formula is C23H32N2O4S2. The summed E-state index contributed by atoms with van der Waals surface area (Å²) in [5.41, 5.74) is 1.53. The summed E-state index contributed by atoms with van der Waals surface area (Å²) in [5.74, 6) is -0.151. The first-order valence-electron chi connectivity index (χ1n) is 10.8. The number of nitrogens with zero attached hydrogens (tertiary/aromatic N) is 2. The summed E-state index contributed by atoms with van der Waals surface area (Å²) < 4.78 is 12.9. The van der Waals surface area contributed by atoms with Gasteiger partial charge in [-0.1, -0.05) is 50.1 Å². The summed E-state index contributed by atoms with van der Waals surface area (Å²) in [4.78, 5) is 32.2. The van der Waals surface area contributed by atoms with Gasteiger partial charge in [-0.3, -0.25) is 14.2 Å². The minimum absolute atomic E-state index is 0.0707. The topological polar surface area (TPSA) is 70.4 Å². The molecule has 8 heteroatoms. The second kappa shape index (κ2) is 10.3. The number of thiophene rings is 1. The van der Waals surface area contributed by atoms with Gasteiger partial charge in [-0.15, -0.1) is 11.3 Å². The maximum Gasteiger partial charge on any atom is 0.316 e. The Labute approximate surface area is 192 Å². The van der Waals surface area contributed by atoms with Crippen molar-refractivity contribution in [1.82, 2.24) is 9.55 Å². The van der Waals surface area contributed by atoms with Crippen LogP contribution in [0.25, 0.3) is 10.2 Å². The third-order valence-electron chi connectivity index (χ3n) is 5.16. The van der Waals surface area contributed by atoms with Crippen LogP contribution in [-0.2, 0) is 33.8 Å². The van der Waals surface area contributed by atoms with E-state index in [4.69, 9.17) is 14.5 Å². The molecule has 0 saturated heterocycles. The number of aromatic nitrogens is 2. The predicted octanol–water partition coefficient (Wildman–Crippen LogP) is 5.10. The van der Waals surface area contributed by atoms with Crippen molar-refractivity contribution in [2.45, 2.75) is 83.7 Å². The average Bonchev–Trinajstić information content (AvgIpc) is 3.05. The van der Waals surface area contributed by atoms with E-state index in [9.17, 15) is 9.59 Å². The number of carbonyl (C=O) groups is 1. The van der Waals surface area contributed by atoms with Gasteiger partial charge in [-0.2, -0.15) is 0 Å². The van der Waals surface area contributed by atoms with Crippen LogP contribution in [0.2, 0.25) is 0 Å². The standard InChI is InChI=1S/C23H32N2O4S2/c1-6-7-8-9-10-28-18(26)14-30-22-24-20-19(21(27)25(22)12-15(2)3)16-11-23(4,5)29-13-17(16)31-20/h2,6-14H2,1,3-5H3. The van der Waals surface area contributed by atoms with Gasteiger partial charge in [0.2, 0.25) is 0 Å². The Morgan fingerprint density at radius 1 is 1.35 bits per heavy atom. The number of esters is 1. The van der Waals surface area contributed by atoms with Crippen molar-refractivity contribution in [1.29, 1.82) is 0 Å². The lowest BCUT2D eigenvalue weighted by atomic mass is 9.94. The second-order valence-electron chi connectivity index (χ2n) is 8.72. The van der Waals surface area contributed by atoms with E-state index in [1.807, 2.05) is 20.8 Å². The van der Waals surface area contributed by atoms with Crippen LogP contribution in [0.15, 0.2) is 22.1 Å². The summed E-state index contributed by atoms with van der Waals surface area (Å²) in [6.07, 6.45) is 4.93. The maximum atomic E-state index is 13.5. The maximum absolute atomic E-state index is 13.5. The molecule has 0 fully saturated rings. The van der Waals surface area contributed by atoms with Crippen molar-refractivity contribution in [2.75, 3.05) is 12.4 Å². The van der Waals surface area contributed by atoms with Crippen molar-refractivity contribution in [3.63, 3.8) is 0 Å². The summed E-state index contributed by atoms with van der Waals surface area (Å²) in [5, 5.41) is 1.21. The van der Waals surface area contributed by atoms with Crippen molar-refractivity contribution in [3.05, 3.63) is 32.9 Å². The predicted molar refractivity (Wildman–Crippen MR) is 127 cm³/mol. The third-order valence-corrected chi connectivity index (χ3v) is 7.21. The van der Waals surface area contributed by atoms with Gasteiger partial charge in [0.1, 0.15) is 4.83 Å². The molecule has 1 aliphatic heterocycles. The van der Waals surface area contributed by atoms with Gasteiger partial charge in [-0.25, -0.2) is 4.98 Å². The lowest BCUT2D eigenvalue weighted by Gasteiger charge is -2.29. The highest BCUT2D eigenvalue weighted by Gasteiger charge is 2.31. The number of allylic oxidation sites excluding steroid dienone is 1. The summed E-state index contributed by atoms with van der Waals surface area (Å²) in [7, 11) is 0. The molecule has 2 aromatic heterocycles. The normalized spacial score (nSPS) is 15.1. The Morgan fingerprint density at radius 3 is 2.84 bits per heavy atom. The number of fused-ring (bicyclic) bond motifs is 3. The lowest BCUT2D eigenvalue weighted by Crippen LogP contribution is -2.32. The Hall–Kier alpha value is -1.64. The van der Waals surface area contributed by atoms with Crippen molar-refractivity contribution >= 4 is 39.3 Å². The molecule has 1 aliphatic rings. The van der Waals surface area contributed by atoms with Gasteiger partial charge < -0.3 is 9.47 Å². The molecule has 0 atom stereocenters. The zero-order chi connectivity index (χ0) is 22.6. The second-order valence-corrected chi connectivity index (χ2v) is 10.7. The summed E-state index contributed by atoms with van der Waals surface area (Å²) in [6, 6.07) is 0. The van der Waals surface area contributed by atoms with E-state index >= 15 is 0 Å². The fourth-order valence-corrected chi connectivity index (χ4v) is 5.55. The van der Waals surface area contributed by atoms with Gasteiger partial charge in [0.25, 0.3) is 5.56 Å². The summed E-state index contributed by atoms with van der Waals surface area (Å²) in [6.45, 7) is 13.4. The monoisotopic (exact) mass is 464 g/mol. The molecule has 0 radical (unpaired) electrons. The summed E-state index contributed by atoms with van der Waals surface area (Å²) >= 11 is 2.76. The highest BCUT2D eigenvalue weighted by atomic mass is 32.2. The smallest absolute Gasteiger partial charge is 0.316 e. The van der Waals surface area contributed by atoms with E-state index < -0.39 is 0 Å². The van der Waals surface area contributed by atoms with E-state index in [1.165, 1.54) is 23.1 Å². The van der Waals surface area contributed by atoms with Crippen LogP contribution in [0.4, 0.5) is 0 Å². The molecule has 3 rings (SSSR count). The molecule has 170 valence electrons. The molecule has 31 heavy (non-hydrogen) atoms. The Morgan fingerprint density at radius 2 is 2.13 bits per heavy atom.